The maximum Gasteiger partial charge on any atom is 0.127 e. The zero-order valence-electron chi connectivity index (χ0n) is 8.66. The van der Waals surface area contributed by atoms with Gasteiger partial charge in [0.1, 0.15) is 11.6 Å². The number of nitrogen functional groups attached to an aromatic ring is 1. The van der Waals surface area contributed by atoms with Crippen molar-refractivity contribution in [2.24, 2.45) is 0 Å². The van der Waals surface area contributed by atoms with Gasteiger partial charge in [0.25, 0.3) is 0 Å². The van der Waals surface area contributed by atoms with Crippen LogP contribution in [0, 0.1) is 6.92 Å². The molecule has 2 saturated carbocycles. The second-order valence-corrected chi connectivity index (χ2v) is 4.66. The van der Waals surface area contributed by atoms with E-state index < -0.39 is 0 Å². The van der Waals surface area contributed by atoms with Crippen LogP contribution in [0.2, 0.25) is 0 Å². The molecule has 2 N–H and O–H groups in total. The van der Waals surface area contributed by atoms with E-state index >= 15 is 0 Å². The van der Waals surface area contributed by atoms with Gasteiger partial charge in [0, 0.05) is 12.0 Å². The van der Waals surface area contributed by atoms with Crippen molar-refractivity contribution in [2.45, 2.75) is 51.0 Å². The summed E-state index contributed by atoms with van der Waals surface area (Å²) in [6, 6.07) is 0.663. The van der Waals surface area contributed by atoms with Gasteiger partial charge in [0.05, 0.1) is 5.69 Å². The van der Waals surface area contributed by atoms with Crippen LogP contribution in [0.4, 0.5) is 5.82 Å². The Hall–Kier alpha value is -0.990. The van der Waals surface area contributed by atoms with Crippen LogP contribution in [0.3, 0.4) is 0 Å². The lowest BCUT2D eigenvalue weighted by Gasteiger charge is -2.24. The highest BCUT2D eigenvalue weighted by molar-refractivity contribution is 5.42. The number of imidazole rings is 1. The number of rotatable bonds is 2. The van der Waals surface area contributed by atoms with Gasteiger partial charge in [-0.3, -0.25) is 0 Å². The Bertz CT molecular complexity index is 359. The number of hydrogen-bond donors (Lipinski definition) is 1. The van der Waals surface area contributed by atoms with Crippen molar-refractivity contribution in [1.29, 1.82) is 0 Å². The van der Waals surface area contributed by atoms with Gasteiger partial charge in [-0.15, -0.1) is 0 Å². The summed E-state index contributed by atoms with van der Waals surface area (Å²) in [6.45, 7) is 2.08. The summed E-state index contributed by atoms with van der Waals surface area (Å²) in [5.74, 6) is 2.73. The van der Waals surface area contributed by atoms with Crippen molar-refractivity contribution in [1.82, 2.24) is 9.55 Å². The van der Waals surface area contributed by atoms with E-state index in [2.05, 4.69) is 16.5 Å². The minimum atomic E-state index is 0.661. The first kappa shape index (κ1) is 8.33. The number of nitrogens with two attached hydrogens (primary N) is 1. The van der Waals surface area contributed by atoms with Gasteiger partial charge in [-0.2, -0.15) is 0 Å². The maximum absolute atomic E-state index is 6.16. The predicted molar refractivity (Wildman–Crippen MR) is 56.2 cm³/mol. The number of hydrogen-bond acceptors (Lipinski definition) is 2. The molecule has 14 heavy (non-hydrogen) atoms. The molecule has 0 spiro atoms. The Morgan fingerprint density at radius 2 is 2.00 bits per heavy atom. The van der Waals surface area contributed by atoms with E-state index in [0.29, 0.717) is 12.0 Å². The van der Waals surface area contributed by atoms with Crippen LogP contribution >= 0.6 is 0 Å². The monoisotopic (exact) mass is 191 g/mol. The Morgan fingerprint density at radius 3 is 2.50 bits per heavy atom. The Kier molecular flexibility index (Phi) is 1.64. The molecule has 0 bridgehead atoms. The zero-order chi connectivity index (χ0) is 9.71. The molecule has 0 amide bonds. The van der Waals surface area contributed by atoms with E-state index in [-0.39, 0.29) is 0 Å². The zero-order valence-corrected chi connectivity index (χ0v) is 8.66. The van der Waals surface area contributed by atoms with E-state index in [1.54, 1.807) is 0 Å². The smallest absolute Gasteiger partial charge is 0.127 e. The van der Waals surface area contributed by atoms with E-state index in [0.717, 1.165) is 11.6 Å². The number of aryl methyl sites for hydroxylation is 1. The highest BCUT2D eigenvalue weighted by atomic mass is 15.2. The lowest BCUT2D eigenvalue weighted by molar-refractivity contribution is 0.413. The van der Waals surface area contributed by atoms with Crippen molar-refractivity contribution >= 4 is 5.82 Å². The van der Waals surface area contributed by atoms with Gasteiger partial charge >= 0.3 is 0 Å². The van der Waals surface area contributed by atoms with Gasteiger partial charge in [-0.25, -0.2) is 4.98 Å². The minimum Gasteiger partial charge on any atom is -0.384 e. The van der Waals surface area contributed by atoms with Crippen LogP contribution in [-0.2, 0) is 0 Å². The first-order valence-electron chi connectivity index (χ1n) is 5.61. The molecule has 0 aromatic carbocycles. The van der Waals surface area contributed by atoms with E-state index in [9.17, 15) is 0 Å². The first-order valence-corrected chi connectivity index (χ1v) is 5.61. The van der Waals surface area contributed by atoms with Crippen molar-refractivity contribution < 1.29 is 0 Å². The maximum atomic E-state index is 6.16. The third kappa shape index (κ3) is 1.08. The summed E-state index contributed by atoms with van der Waals surface area (Å²) in [6.07, 6.45) is 6.48. The number of nitrogens with zero attached hydrogens (tertiary/aromatic N) is 2. The fraction of sp³-hybridized carbons (Fsp3) is 0.727. The van der Waals surface area contributed by atoms with Crippen LogP contribution in [0.1, 0.15) is 55.6 Å². The standard InChI is InChI=1S/C11H17N3/c1-7-13-10(8-3-2-4-8)11(12)14(7)9-5-6-9/h8-9H,2-6,12H2,1H3. The van der Waals surface area contributed by atoms with Crippen LogP contribution in [0.15, 0.2) is 0 Å². The van der Waals surface area contributed by atoms with Crippen LogP contribution in [0.5, 0.6) is 0 Å². The lowest BCUT2D eigenvalue weighted by atomic mass is 9.83. The Balaban J connectivity index is 1.99. The Morgan fingerprint density at radius 1 is 1.29 bits per heavy atom. The molecule has 1 heterocycles. The largest absolute Gasteiger partial charge is 0.384 e. The summed E-state index contributed by atoms with van der Waals surface area (Å²) >= 11 is 0. The molecule has 3 heteroatoms. The van der Waals surface area contributed by atoms with E-state index in [1.165, 1.54) is 37.8 Å². The fourth-order valence-corrected chi connectivity index (χ4v) is 2.36. The Labute approximate surface area is 84.3 Å². The molecule has 2 aliphatic rings. The van der Waals surface area contributed by atoms with Crippen molar-refractivity contribution in [3.05, 3.63) is 11.5 Å². The normalized spacial score (nSPS) is 22.4. The molecule has 0 aliphatic heterocycles. The molecule has 2 aliphatic carbocycles. The second kappa shape index (κ2) is 2.75. The molecule has 3 nitrogen and oxygen atoms in total. The molecule has 0 unspecified atom stereocenters. The third-order valence-electron chi connectivity index (χ3n) is 3.56. The topological polar surface area (TPSA) is 43.8 Å². The molecule has 2 fully saturated rings. The molecule has 0 radical (unpaired) electrons. The molecule has 1 aromatic heterocycles. The summed E-state index contributed by atoms with van der Waals surface area (Å²) in [5.41, 5.74) is 7.34. The molecule has 0 atom stereocenters. The minimum absolute atomic E-state index is 0.661. The lowest BCUT2D eigenvalue weighted by Crippen LogP contribution is -2.12. The molecule has 0 saturated heterocycles. The number of aromatic nitrogens is 2. The van der Waals surface area contributed by atoms with Crippen molar-refractivity contribution in [3.8, 4) is 0 Å². The average molecular weight is 191 g/mol. The van der Waals surface area contributed by atoms with Gasteiger partial charge in [0.15, 0.2) is 0 Å². The van der Waals surface area contributed by atoms with Crippen LogP contribution in [0.25, 0.3) is 0 Å². The summed E-state index contributed by atoms with van der Waals surface area (Å²) in [4.78, 5) is 4.63. The number of anilines is 1. The van der Waals surface area contributed by atoms with Crippen molar-refractivity contribution in [2.75, 3.05) is 5.73 Å². The molecule has 1 aromatic rings. The van der Waals surface area contributed by atoms with Gasteiger partial charge in [0.2, 0.25) is 0 Å². The average Bonchev–Trinajstić information content (AvgIpc) is 2.80. The SMILES string of the molecule is Cc1nc(C2CCC2)c(N)n1C1CC1. The van der Waals surface area contributed by atoms with E-state index in [4.69, 9.17) is 5.73 Å². The van der Waals surface area contributed by atoms with Crippen LogP contribution in [-0.4, -0.2) is 9.55 Å². The molecular weight excluding hydrogens is 174 g/mol. The quantitative estimate of drug-likeness (QED) is 0.780. The highest BCUT2D eigenvalue weighted by Crippen LogP contribution is 2.43. The molecule has 76 valence electrons. The molecule has 3 rings (SSSR count). The summed E-state index contributed by atoms with van der Waals surface area (Å²) in [5, 5.41) is 0. The first-order chi connectivity index (χ1) is 6.77. The van der Waals surface area contributed by atoms with Gasteiger partial charge in [-0.05, 0) is 32.6 Å². The highest BCUT2D eigenvalue weighted by Gasteiger charge is 2.31. The van der Waals surface area contributed by atoms with Crippen molar-refractivity contribution in [3.63, 3.8) is 0 Å². The predicted octanol–water partition coefficient (Wildman–Crippen LogP) is 2.38. The summed E-state index contributed by atoms with van der Waals surface area (Å²) < 4.78 is 2.24. The third-order valence-corrected chi connectivity index (χ3v) is 3.56. The second-order valence-electron chi connectivity index (χ2n) is 4.66. The fourth-order valence-electron chi connectivity index (χ4n) is 2.36. The van der Waals surface area contributed by atoms with Gasteiger partial charge in [-0.1, -0.05) is 6.42 Å². The van der Waals surface area contributed by atoms with E-state index in [1.807, 2.05) is 0 Å². The van der Waals surface area contributed by atoms with Crippen LogP contribution < -0.4 is 5.73 Å². The molecular formula is C11H17N3. The summed E-state index contributed by atoms with van der Waals surface area (Å²) in [7, 11) is 0. The van der Waals surface area contributed by atoms with Gasteiger partial charge < -0.3 is 10.3 Å².